The minimum Gasteiger partial charge on any atom is -0.378 e. The minimum atomic E-state index is -0.0140. The van der Waals surface area contributed by atoms with Crippen molar-refractivity contribution in [3.63, 3.8) is 0 Å². The SMILES string of the molecule is CNCCOCCOCC(=O)NC(CCCCN)C1CCC1. The van der Waals surface area contributed by atoms with Crippen LogP contribution in [0.25, 0.3) is 0 Å². The van der Waals surface area contributed by atoms with E-state index in [0.29, 0.717) is 31.8 Å². The van der Waals surface area contributed by atoms with E-state index in [4.69, 9.17) is 15.2 Å². The maximum Gasteiger partial charge on any atom is 0.246 e. The Balaban J connectivity index is 2.08. The highest BCUT2D eigenvalue weighted by Crippen LogP contribution is 2.31. The number of hydrogen-bond acceptors (Lipinski definition) is 5. The first-order valence-electron chi connectivity index (χ1n) is 8.57. The van der Waals surface area contributed by atoms with Crippen molar-refractivity contribution in [3.8, 4) is 0 Å². The molecule has 6 heteroatoms. The number of likely N-dealkylation sites (N-methyl/N-ethyl adjacent to an activating group) is 1. The number of carbonyl (C=O) groups excluding carboxylic acids is 1. The van der Waals surface area contributed by atoms with E-state index >= 15 is 0 Å². The van der Waals surface area contributed by atoms with E-state index in [1.54, 1.807) is 0 Å². The van der Waals surface area contributed by atoms with Crippen molar-refractivity contribution in [3.05, 3.63) is 0 Å². The summed E-state index contributed by atoms with van der Waals surface area (Å²) < 4.78 is 10.7. The lowest BCUT2D eigenvalue weighted by Crippen LogP contribution is -2.44. The van der Waals surface area contributed by atoms with Gasteiger partial charge in [0.2, 0.25) is 5.91 Å². The summed E-state index contributed by atoms with van der Waals surface area (Å²) in [6.45, 7) is 3.32. The first-order valence-corrected chi connectivity index (χ1v) is 8.57. The zero-order valence-corrected chi connectivity index (χ0v) is 13.9. The number of ether oxygens (including phenoxy) is 2. The standard InChI is InChI=1S/C16H33N3O3/c1-18-9-10-21-11-12-22-13-16(20)19-15(7-2-3-8-17)14-5-4-6-14/h14-15,18H,2-13,17H2,1H3,(H,19,20). The average Bonchev–Trinajstić information content (AvgIpc) is 2.44. The summed E-state index contributed by atoms with van der Waals surface area (Å²) in [5.74, 6) is 0.631. The fraction of sp³-hybridized carbons (Fsp3) is 0.938. The van der Waals surface area contributed by atoms with E-state index in [1.165, 1.54) is 19.3 Å². The number of unbranched alkanes of at least 4 members (excludes halogenated alkanes) is 1. The predicted molar refractivity (Wildman–Crippen MR) is 87.7 cm³/mol. The van der Waals surface area contributed by atoms with Gasteiger partial charge in [-0.1, -0.05) is 12.8 Å². The zero-order chi connectivity index (χ0) is 16.0. The molecule has 130 valence electrons. The molecule has 1 aliphatic rings. The minimum absolute atomic E-state index is 0.0140. The molecule has 1 unspecified atom stereocenters. The highest BCUT2D eigenvalue weighted by Gasteiger charge is 2.27. The number of carbonyl (C=O) groups is 1. The van der Waals surface area contributed by atoms with E-state index in [1.807, 2.05) is 7.05 Å². The van der Waals surface area contributed by atoms with Gasteiger partial charge in [-0.15, -0.1) is 0 Å². The average molecular weight is 315 g/mol. The van der Waals surface area contributed by atoms with E-state index in [-0.39, 0.29) is 12.5 Å². The number of nitrogens with one attached hydrogen (secondary N) is 2. The predicted octanol–water partition coefficient (Wildman–Crippen LogP) is 0.653. The Bertz CT molecular complexity index is 286. The van der Waals surface area contributed by atoms with Crippen molar-refractivity contribution in [2.45, 2.75) is 44.6 Å². The molecule has 1 atom stereocenters. The summed E-state index contributed by atoms with van der Waals surface area (Å²) in [4.78, 5) is 12.0. The largest absolute Gasteiger partial charge is 0.378 e. The van der Waals surface area contributed by atoms with E-state index in [0.717, 1.165) is 32.4 Å². The summed E-state index contributed by atoms with van der Waals surface area (Å²) in [6.07, 6.45) is 6.88. The first kappa shape index (κ1) is 19.4. The lowest BCUT2D eigenvalue weighted by molar-refractivity contribution is -0.127. The summed E-state index contributed by atoms with van der Waals surface area (Å²) in [6, 6.07) is 0.295. The summed E-state index contributed by atoms with van der Waals surface area (Å²) in [5, 5.41) is 6.14. The van der Waals surface area contributed by atoms with Crippen LogP contribution in [0.5, 0.6) is 0 Å². The molecule has 1 amide bonds. The van der Waals surface area contributed by atoms with Crippen LogP contribution in [0.3, 0.4) is 0 Å². The van der Waals surface area contributed by atoms with Crippen LogP contribution in [-0.2, 0) is 14.3 Å². The molecular weight excluding hydrogens is 282 g/mol. The molecule has 0 aromatic rings. The van der Waals surface area contributed by atoms with Gasteiger partial charge < -0.3 is 25.8 Å². The molecule has 0 spiro atoms. The summed E-state index contributed by atoms with van der Waals surface area (Å²) >= 11 is 0. The van der Waals surface area contributed by atoms with Crippen LogP contribution in [0.1, 0.15) is 38.5 Å². The highest BCUT2D eigenvalue weighted by molar-refractivity contribution is 5.77. The Kier molecular flexibility index (Phi) is 11.3. The van der Waals surface area contributed by atoms with Gasteiger partial charge in [-0.05, 0) is 45.2 Å². The smallest absolute Gasteiger partial charge is 0.246 e. The Morgan fingerprint density at radius 2 is 2.00 bits per heavy atom. The number of amides is 1. The van der Waals surface area contributed by atoms with Gasteiger partial charge in [0.15, 0.2) is 0 Å². The molecule has 1 saturated carbocycles. The second-order valence-electron chi connectivity index (χ2n) is 5.92. The fourth-order valence-corrected chi connectivity index (χ4v) is 2.58. The molecule has 6 nitrogen and oxygen atoms in total. The van der Waals surface area contributed by atoms with Crippen LogP contribution in [0.15, 0.2) is 0 Å². The highest BCUT2D eigenvalue weighted by atomic mass is 16.5. The molecule has 1 fully saturated rings. The molecule has 1 rings (SSSR count). The lowest BCUT2D eigenvalue weighted by atomic mass is 9.78. The Morgan fingerprint density at radius 1 is 1.23 bits per heavy atom. The maximum atomic E-state index is 12.0. The van der Waals surface area contributed by atoms with Crippen LogP contribution in [0.2, 0.25) is 0 Å². The van der Waals surface area contributed by atoms with Crippen LogP contribution in [0.4, 0.5) is 0 Å². The molecule has 0 radical (unpaired) electrons. The number of hydrogen-bond donors (Lipinski definition) is 3. The van der Waals surface area contributed by atoms with Gasteiger partial charge in [0.25, 0.3) is 0 Å². The van der Waals surface area contributed by atoms with Crippen molar-refractivity contribution in [2.75, 3.05) is 46.6 Å². The summed E-state index contributed by atoms with van der Waals surface area (Å²) in [5.41, 5.74) is 5.54. The van der Waals surface area contributed by atoms with Crippen molar-refractivity contribution >= 4 is 5.91 Å². The second kappa shape index (κ2) is 12.8. The third-order valence-corrected chi connectivity index (χ3v) is 4.14. The molecule has 0 bridgehead atoms. The Labute approximate surface area is 134 Å². The van der Waals surface area contributed by atoms with E-state index in [9.17, 15) is 4.79 Å². The molecule has 0 saturated heterocycles. The molecule has 1 aliphatic carbocycles. The van der Waals surface area contributed by atoms with E-state index in [2.05, 4.69) is 10.6 Å². The van der Waals surface area contributed by atoms with Gasteiger partial charge in [-0.25, -0.2) is 0 Å². The molecule has 4 N–H and O–H groups in total. The third kappa shape index (κ3) is 8.68. The normalized spacial score (nSPS) is 16.3. The van der Waals surface area contributed by atoms with Crippen molar-refractivity contribution < 1.29 is 14.3 Å². The second-order valence-corrected chi connectivity index (χ2v) is 5.92. The molecule has 22 heavy (non-hydrogen) atoms. The molecular formula is C16H33N3O3. The van der Waals surface area contributed by atoms with Gasteiger partial charge >= 0.3 is 0 Å². The van der Waals surface area contributed by atoms with Crippen LogP contribution < -0.4 is 16.4 Å². The van der Waals surface area contributed by atoms with Gasteiger partial charge in [-0.3, -0.25) is 4.79 Å². The van der Waals surface area contributed by atoms with Crippen LogP contribution in [-0.4, -0.2) is 58.5 Å². The Morgan fingerprint density at radius 3 is 2.64 bits per heavy atom. The van der Waals surface area contributed by atoms with Gasteiger partial charge in [0, 0.05) is 12.6 Å². The quantitative estimate of drug-likeness (QED) is 0.410. The van der Waals surface area contributed by atoms with Crippen molar-refractivity contribution in [1.82, 2.24) is 10.6 Å². The van der Waals surface area contributed by atoms with Crippen molar-refractivity contribution in [1.29, 1.82) is 0 Å². The number of nitrogens with two attached hydrogens (primary N) is 1. The monoisotopic (exact) mass is 315 g/mol. The molecule has 0 heterocycles. The summed E-state index contributed by atoms with van der Waals surface area (Å²) in [7, 11) is 1.89. The van der Waals surface area contributed by atoms with Crippen molar-refractivity contribution in [2.24, 2.45) is 11.7 Å². The molecule has 0 aliphatic heterocycles. The molecule has 0 aromatic heterocycles. The topological polar surface area (TPSA) is 85.6 Å². The van der Waals surface area contributed by atoms with Gasteiger partial charge in [-0.2, -0.15) is 0 Å². The zero-order valence-electron chi connectivity index (χ0n) is 13.9. The lowest BCUT2D eigenvalue weighted by Gasteiger charge is -2.34. The van der Waals surface area contributed by atoms with Crippen LogP contribution in [0, 0.1) is 5.92 Å². The third-order valence-electron chi connectivity index (χ3n) is 4.14. The van der Waals surface area contributed by atoms with Gasteiger partial charge in [0.1, 0.15) is 6.61 Å². The fourth-order valence-electron chi connectivity index (χ4n) is 2.58. The first-order chi connectivity index (χ1) is 10.8. The number of rotatable bonds is 14. The van der Waals surface area contributed by atoms with Gasteiger partial charge in [0.05, 0.1) is 19.8 Å². The maximum absolute atomic E-state index is 12.0. The Hall–Kier alpha value is -0.690. The van der Waals surface area contributed by atoms with E-state index < -0.39 is 0 Å². The molecule has 0 aromatic carbocycles. The van der Waals surface area contributed by atoms with Crippen LogP contribution >= 0.6 is 0 Å².